The topological polar surface area (TPSA) is 42.4 Å². The van der Waals surface area contributed by atoms with Crippen molar-refractivity contribution >= 4 is 17.7 Å². The van der Waals surface area contributed by atoms with Gasteiger partial charge in [-0.15, -0.1) is 0 Å². The van der Waals surface area contributed by atoms with Crippen LogP contribution in [0.4, 0.5) is 8.78 Å². The van der Waals surface area contributed by atoms with Gasteiger partial charge < -0.3 is 9.64 Å². The number of hydrogen-bond donors (Lipinski definition) is 0. The number of piperidine rings is 1. The summed E-state index contributed by atoms with van der Waals surface area (Å²) in [5.41, 5.74) is 1.55. The van der Waals surface area contributed by atoms with E-state index in [0.717, 1.165) is 31.4 Å². The van der Waals surface area contributed by atoms with Gasteiger partial charge in [-0.1, -0.05) is 12.1 Å². The van der Waals surface area contributed by atoms with E-state index in [1.807, 2.05) is 12.1 Å². The number of aromatic nitrogens is 1. The molecule has 1 saturated heterocycles. The highest BCUT2D eigenvalue weighted by atomic mass is 32.2. The number of amides is 1. The molecule has 1 aliphatic heterocycles. The van der Waals surface area contributed by atoms with Gasteiger partial charge in [0.05, 0.1) is 12.7 Å². The Balaban J connectivity index is 1.51. The molecule has 1 aromatic carbocycles. The van der Waals surface area contributed by atoms with Gasteiger partial charge >= 0.3 is 0 Å². The van der Waals surface area contributed by atoms with E-state index < -0.39 is 5.76 Å². The lowest BCUT2D eigenvalue weighted by molar-refractivity contribution is 0.0682. The number of nitrogens with zero attached hydrogens (tertiary/aromatic N) is 2. The smallest absolute Gasteiger partial charge is 0.290 e. The van der Waals surface area contributed by atoms with Gasteiger partial charge in [0.15, 0.2) is 0 Å². The Kier molecular flexibility index (Phi) is 7.25. The first-order valence-electron chi connectivity index (χ1n) is 9.39. The monoisotopic (exact) mass is 406 g/mol. The summed E-state index contributed by atoms with van der Waals surface area (Å²) < 4.78 is 30.6. The van der Waals surface area contributed by atoms with Crippen molar-refractivity contribution in [3.05, 3.63) is 53.7 Å². The third-order valence-electron chi connectivity index (χ3n) is 5.10. The van der Waals surface area contributed by atoms with Crippen molar-refractivity contribution in [2.45, 2.75) is 36.5 Å². The second kappa shape index (κ2) is 9.87. The Morgan fingerprint density at radius 3 is 2.61 bits per heavy atom. The minimum Gasteiger partial charge on any atom is -0.497 e. The first-order chi connectivity index (χ1) is 13.6. The van der Waals surface area contributed by atoms with Crippen LogP contribution in [0.3, 0.4) is 0 Å². The van der Waals surface area contributed by atoms with Crippen LogP contribution in [-0.2, 0) is 6.42 Å². The molecule has 28 heavy (non-hydrogen) atoms. The molecule has 0 atom stereocenters. The lowest BCUT2D eigenvalue weighted by atomic mass is 9.90. The third-order valence-corrected chi connectivity index (χ3v) is 5.83. The molecule has 1 amide bonds. The Bertz CT molecular complexity index is 778. The maximum absolute atomic E-state index is 12.8. The van der Waals surface area contributed by atoms with E-state index in [1.54, 1.807) is 24.1 Å². The van der Waals surface area contributed by atoms with Crippen LogP contribution >= 0.6 is 11.8 Å². The number of carbonyl (C=O) groups is 1. The molecule has 2 aromatic rings. The van der Waals surface area contributed by atoms with E-state index in [-0.39, 0.29) is 16.5 Å². The maximum atomic E-state index is 12.8. The molecule has 0 saturated carbocycles. The molecule has 1 fully saturated rings. The second-order valence-corrected chi connectivity index (χ2v) is 7.84. The van der Waals surface area contributed by atoms with Gasteiger partial charge in [0, 0.05) is 19.3 Å². The summed E-state index contributed by atoms with van der Waals surface area (Å²) in [6.45, 7) is 1.31. The summed E-state index contributed by atoms with van der Waals surface area (Å²) in [6.07, 6.45) is 5.37. The average Bonchev–Trinajstić information content (AvgIpc) is 2.72. The quantitative estimate of drug-likeness (QED) is 0.614. The van der Waals surface area contributed by atoms with Gasteiger partial charge in [0.1, 0.15) is 10.8 Å². The van der Waals surface area contributed by atoms with E-state index in [4.69, 9.17) is 4.74 Å². The zero-order chi connectivity index (χ0) is 19.9. The van der Waals surface area contributed by atoms with Gasteiger partial charge in [-0.3, -0.25) is 4.79 Å². The Morgan fingerprint density at radius 2 is 1.96 bits per heavy atom. The molecule has 4 nitrogen and oxygen atoms in total. The molecule has 0 unspecified atom stereocenters. The number of thioether (sulfide) groups is 1. The van der Waals surface area contributed by atoms with Gasteiger partial charge in [-0.25, -0.2) is 4.98 Å². The number of alkyl halides is 2. The van der Waals surface area contributed by atoms with Crippen LogP contribution in [0, 0.1) is 5.92 Å². The number of ether oxygens (including phenoxy) is 1. The van der Waals surface area contributed by atoms with Crippen molar-refractivity contribution in [3.8, 4) is 5.75 Å². The maximum Gasteiger partial charge on any atom is 0.290 e. The van der Waals surface area contributed by atoms with Crippen molar-refractivity contribution < 1.29 is 18.3 Å². The summed E-state index contributed by atoms with van der Waals surface area (Å²) in [5, 5.41) is 0.101. The number of hydrogen-bond acceptors (Lipinski definition) is 4. The summed E-state index contributed by atoms with van der Waals surface area (Å²) >= 11 is 0.325. The molecule has 1 aliphatic rings. The van der Waals surface area contributed by atoms with Crippen LogP contribution in [0.1, 0.15) is 35.2 Å². The van der Waals surface area contributed by atoms with E-state index >= 15 is 0 Å². The number of aryl methyl sites for hydroxylation is 1. The van der Waals surface area contributed by atoms with Gasteiger partial charge in [-0.05, 0) is 73.2 Å². The summed E-state index contributed by atoms with van der Waals surface area (Å²) in [7, 11) is 1.66. The SMILES string of the molecule is COc1ccc(CCC2CCN(C(=O)c3cccnc3SC(F)F)CC2)cc1. The number of pyridine rings is 1. The first-order valence-corrected chi connectivity index (χ1v) is 10.3. The molecule has 2 heterocycles. The third kappa shape index (κ3) is 5.44. The molecule has 0 spiro atoms. The molecule has 0 radical (unpaired) electrons. The molecule has 1 aromatic heterocycles. The lowest BCUT2D eigenvalue weighted by Crippen LogP contribution is -2.38. The molecule has 150 valence electrons. The molecule has 7 heteroatoms. The van der Waals surface area contributed by atoms with Crippen molar-refractivity contribution in [2.75, 3.05) is 20.2 Å². The minimum absolute atomic E-state index is 0.101. The van der Waals surface area contributed by atoms with Crippen LogP contribution in [0.2, 0.25) is 0 Å². The van der Waals surface area contributed by atoms with E-state index in [2.05, 4.69) is 17.1 Å². The van der Waals surface area contributed by atoms with Crippen molar-refractivity contribution in [2.24, 2.45) is 5.92 Å². The largest absolute Gasteiger partial charge is 0.497 e. The van der Waals surface area contributed by atoms with Crippen molar-refractivity contribution in [1.82, 2.24) is 9.88 Å². The lowest BCUT2D eigenvalue weighted by Gasteiger charge is -2.32. The Hall–Kier alpha value is -2.15. The number of methoxy groups -OCH3 is 1. The second-order valence-electron chi connectivity index (χ2n) is 6.86. The van der Waals surface area contributed by atoms with Crippen LogP contribution in [0.15, 0.2) is 47.6 Å². The fourth-order valence-corrected chi connectivity index (χ4v) is 4.06. The summed E-state index contributed by atoms with van der Waals surface area (Å²) in [6, 6.07) is 11.3. The number of carbonyl (C=O) groups excluding carboxylic acids is 1. The van der Waals surface area contributed by atoms with Gasteiger partial charge in [0.2, 0.25) is 0 Å². The predicted molar refractivity (Wildman–Crippen MR) is 106 cm³/mol. The van der Waals surface area contributed by atoms with Gasteiger partial charge in [0.25, 0.3) is 11.7 Å². The average molecular weight is 406 g/mol. The first kappa shape index (κ1) is 20.6. The minimum atomic E-state index is -2.59. The fraction of sp³-hybridized carbons (Fsp3) is 0.429. The zero-order valence-electron chi connectivity index (χ0n) is 15.8. The number of benzene rings is 1. The van der Waals surface area contributed by atoms with Crippen molar-refractivity contribution in [1.29, 1.82) is 0 Å². The van der Waals surface area contributed by atoms with Crippen LogP contribution in [0.5, 0.6) is 5.75 Å². The molecular formula is C21H24F2N2O2S. The van der Waals surface area contributed by atoms with Crippen LogP contribution in [-0.4, -0.2) is 41.7 Å². The standard InChI is InChI=1S/C21H24F2N2O2S/c1-27-17-8-6-15(7-9-17)4-5-16-10-13-25(14-11-16)20(26)18-3-2-12-24-19(18)28-21(22)23/h2-3,6-9,12,16,21H,4-5,10-11,13-14H2,1H3. The fourth-order valence-electron chi connectivity index (χ4n) is 3.49. The summed E-state index contributed by atoms with van der Waals surface area (Å²) in [5.74, 6) is -1.37. The molecule has 0 bridgehead atoms. The zero-order valence-corrected chi connectivity index (χ0v) is 16.6. The Labute approximate surface area is 168 Å². The highest BCUT2D eigenvalue weighted by molar-refractivity contribution is 7.99. The number of halogens is 2. The molecule has 0 aliphatic carbocycles. The Morgan fingerprint density at radius 1 is 1.25 bits per heavy atom. The number of likely N-dealkylation sites (tertiary alicyclic amines) is 1. The summed E-state index contributed by atoms with van der Waals surface area (Å²) in [4.78, 5) is 18.5. The van der Waals surface area contributed by atoms with E-state index in [0.29, 0.717) is 30.8 Å². The van der Waals surface area contributed by atoms with Gasteiger partial charge in [-0.2, -0.15) is 8.78 Å². The highest BCUT2D eigenvalue weighted by Crippen LogP contribution is 2.29. The van der Waals surface area contributed by atoms with Crippen LogP contribution in [0.25, 0.3) is 0 Å². The molecule has 3 rings (SSSR count). The molecule has 0 N–H and O–H groups in total. The van der Waals surface area contributed by atoms with E-state index in [9.17, 15) is 13.6 Å². The predicted octanol–water partition coefficient (Wildman–Crippen LogP) is 4.89. The van der Waals surface area contributed by atoms with Crippen molar-refractivity contribution in [3.63, 3.8) is 0 Å². The molecular weight excluding hydrogens is 382 g/mol. The van der Waals surface area contributed by atoms with Crippen LogP contribution < -0.4 is 4.74 Å². The van der Waals surface area contributed by atoms with E-state index in [1.165, 1.54) is 11.8 Å². The normalized spacial score (nSPS) is 15.1. The highest BCUT2D eigenvalue weighted by Gasteiger charge is 2.26. The number of rotatable bonds is 7.